The Morgan fingerprint density at radius 3 is 2.67 bits per heavy atom. The van der Waals surface area contributed by atoms with E-state index in [0.717, 1.165) is 27.6 Å². The van der Waals surface area contributed by atoms with E-state index in [1.165, 1.54) is 0 Å². The Balaban J connectivity index is 1.71. The normalized spacial score (nSPS) is 11.7. The molecule has 0 radical (unpaired) electrons. The lowest BCUT2D eigenvalue weighted by Gasteiger charge is -2.18. The number of fused-ring (bicyclic) bond motifs is 1. The predicted molar refractivity (Wildman–Crippen MR) is 108 cm³/mol. The number of carbonyl (C=O) groups is 1. The van der Waals surface area contributed by atoms with Gasteiger partial charge in [0.2, 0.25) is 5.91 Å². The molecule has 4 rings (SSSR count). The Morgan fingerprint density at radius 1 is 1.07 bits per heavy atom. The number of amides is 1. The minimum atomic E-state index is -0.453. The van der Waals surface area contributed by atoms with Gasteiger partial charge in [-0.1, -0.05) is 39.0 Å². The van der Waals surface area contributed by atoms with E-state index in [1.807, 2.05) is 74.7 Å². The molecule has 4 aromatic rings. The molecule has 0 aliphatic rings. The summed E-state index contributed by atoms with van der Waals surface area (Å²) in [7, 11) is 0. The van der Waals surface area contributed by atoms with Crippen molar-refractivity contribution in [2.75, 3.05) is 5.32 Å². The Kier molecular flexibility index (Phi) is 4.24. The number of carbonyl (C=O) groups excluding carboxylic acids is 1. The standard InChI is InChI=1S/C20H19N5OS/c1-20(2,3)19(26)21-14-7-4-6-13(12-14)15-9-10-17-22-23-18(25(17)24-15)16-8-5-11-27-16/h4-12H,1-3H3,(H,21,26). The van der Waals surface area contributed by atoms with E-state index in [9.17, 15) is 4.79 Å². The van der Waals surface area contributed by atoms with Crippen molar-refractivity contribution in [2.24, 2.45) is 5.41 Å². The molecule has 27 heavy (non-hydrogen) atoms. The van der Waals surface area contributed by atoms with E-state index in [2.05, 4.69) is 15.5 Å². The molecule has 1 aromatic carbocycles. The number of nitrogens with zero attached hydrogens (tertiary/aromatic N) is 4. The SMILES string of the molecule is CC(C)(C)C(=O)Nc1cccc(-c2ccc3nnc(-c4cccs4)n3n2)c1. The molecule has 7 heteroatoms. The van der Waals surface area contributed by atoms with E-state index >= 15 is 0 Å². The Hall–Kier alpha value is -3.06. The van der Waals surface area contributed by atoms with E-state index in [4.69, 9.17) is 5.10 Å². The first-order valence-corrected chi connectivity index (χ1v) is 9.48. The summed E-state index contributed by atoms with van der Waals surface area (Å²) in [5, 5.41) is 18.1. The van der Waals surface area contributed by atoms with Crippen molar-refractivity contribution < 1.29 is 4.79 Å². The summed E-state index contributed by atoms with van der Waals surface area (Å²) in [4.78, 5) is 13.3. The highest BCUT2D eigenvalue weighted by molar-refractivity contribution is 7.13. The lowest BCUT2D eigenvalue weighted by molar-refractivity contribution is -0.123. The number of thiophene rings is 1. The summed E-state index contributed by atoms with van der Waals surface area (Å²) in [5.74, 6) is 0.695. The van der Waals surface area contributed by atoms with Gasteiger partial charge in [-0.05, 0) is 35.7 Å². The summed E-state index contributed by atoms with van der Waals surface area (Å²) >= 11 is 1.60. The van der Waals surface area contributed by atoms with Gasteiger partial charge >= 0.3 is 0 Å². The Morgan fingerprint density at radius 2 is 1.93 bits per heavy atom. The maximum absolute atomic E-state index is 12.3. The summed E-state index contributed by atoms with van der Waals surface area (Å²) in [5.41, 5.74) is 2.68. The van der Waals surface area contributed by atoms with Gasteiger partial charge in [0.15, 0.2) is 11.5 Å². The number of rotatable bonds is 3. The second kappa shape index (κ2) is 6.59. The molecule has 0 bridgehead atoms. The van der Waals surface area contributed by atoms with Crippen LogP contribution in [0, 0.1) is 5.41 Å². The number of hydrogen-bond acceptors (Lipinski definition) is 5. The minimum absolute atomic E-state index is 0.0261. The molecule has 0 spiro atoms. The summed E-state index contributed by atoms with van der Waals surface area (Å²) in [6, 6.07) is 15.5. The van der Waals surface area contributed by atoms with Crippen LogP contribution in [0.3, 0.4) is 0 Å². The minimum Gasteiger partial charge on any atom is -0.326 e. The van der Waals surface area contributed by atoms with Gasteiger partial charge in [-0.25, -0.2) is 0 Å². The predicted octanol–water partition coefficient (Wildman–Crippen LogP) is 4.50. The van der Waals surface area contributed by atoms with Gasteiger partial charge in [0.1, 0.15) is 0 Å². The molecule has 136 valence electrons. The average molecular weight is 377 g/mol. The molecule has 6 nitrogen and oxygen atoms in total. The van der Waals surface area contributed by atoms with Gasteiger partial charge in [-0.2, -0.15) is 9.61 Å². The highest BCUT2D eigenvalue weighted by Gasteiger charge is 2.21. The molecule has 1 N–H and O–H groups in total. The highest BCUT2D eigenvalue weighted by Crippen LogP contribution is 2.26. The Bertz CT molecular complexity index is 1110. The van der Waals surface area contributed by atoms with E-state index in [0.29, 0.717) is 5.65 Å². The zero-order valence-corrected chi connectivity index (χ0v) is 16.1. The fraction of sp³-hybridized carbons (Fsp3) is 0.200. The fourth-order valence-corrected chi connectivity index (χ4v) is 3.27. The van der Waals surface area contributed by atoms with E-state index in [1.54, 1.807) is 15.9 Å². The van der Waals surface area contributed by atoms with E-state index in [-0.39, 0.29) is 5.91 Å². The van der Waals surface area contributed by atoms with Crippen LogP contribution in [0.25, 0.3) is 27.6 Å². The monoisotopic (exact) mass is 377 g/mol. The second-order valence-electron chi connectivity index (χ2n) is 7.27. The van der Waals surface area contributed by atoms with Crippen LogP contribution in [0.5, 0.6) is 0 Å². The van der Waals surface area contributed by atoms with Crippen LogP contribution >= 0.6 is 11.3 Å². The summed E-state index contributed by atoms with van der Waals surface area (Å²) in [6.45, 7) is 5.67. The van der Waals surface area contributed by atoms with Crippen molar-refractivity contribution in [1.82, 2.24) is 19.8 Å². The maximum Gasteiger partial charge on any atom is 0.229 e. The van der Waals surface area contributed by atoms with Crippen molar-refractivity contribution in [3.05, 3.63) is 53.9 Å². The van der Waals surface area contributed by atoms with Crippen molar-refractivity contribution in [3.63, 3.8) is 0 Å². The van der Waals surface area contributed by atoms with Crippen LogP contribution in [0.4, 0.5) is 5.69 Å². The number of anilines is 1. The van der Waals surface area contributed by atoms with Crippen LogP contribution in [0.15, 0.2) is 53.9 Å². The maximum atomic E-state index is 12.3. The first-order valence-electron chi connectivity index (χ1n) is 8.60. The molecular formula is C20H19N5OS. The molecule has 0 unspecified atom stereocenters. The molecule has 0 fully saturated rings. The molecule has 0 atom stereocenters. The third-order valence-electron chi connectivity index (χ3n) is 4.10. The zero-order chi connectivity index (χ0) is 19.0. The molecule has 0 aliphatic heterocycles. The quantitative estimate of drug-likeness (QED) is 0.570. The number of nitrogens with one attached hydrogen (secondary N) is 1. The van der Waals surface area contributed by atoms with Crippen LogP contribution in [-0.4, -0.2) is 25.7 Å². The van der Waals surface area contributed by atoms with Crippen molar-refractivity contribution in [3.8, 4) is 22.0 Å². The third-order valence-corrected chi connectivity index (χ3v) is 4.97. The van der Waals surface area contributed by atoms with Crippen molar-refractivity contribution in [1.29, 1.82) is 0 Å². The fourth-order valence-electron chi connectivity index (χ4n) is 2.58. The molecule has 0 saturated carbocycles. The molecule has 1 amide bonds. The molecule has 0 saturated heterocycles. The summed E-state index contributed by atoms with van der Waals surface area (Å²) in [6.07, 6.45) is 0. The lowest BCUT2D eigenvalue weighted by Crippen LogP contribution is -2.27. The van der Waals surface area contributed by atoms with Gasteiger partial charge in [-0.15, -0.1) is 21.5 Å². The van der Waals surface area contributed by atoms with Gasteiger partial charge in [0.05, 0.1) is 10.6 Å². The van der Waals surface area contributed by atoms with Crippen molar-refractivity contribution >= 4 is 28.6 Å². The van der Waals surface area contributed by atoms with Crippen molar-refractivity contribution in [2.45, 2.75) is 20.8 Å². The van der Waals surface area contributed by atoms with Crippen LogP contribution in [-0.2, 0) is 4.79 Å². The molecule has 3 heterocycles. The number of hydrogen-bond donors (Lipinski definition) is 1. The van der Waals surface area contributed by atoms with Crippen LogP contribution < -0.4 is 5.32 Å². The van der Waals surface area contributed by atoms with Gasteiger partial charge in [-0.3, -0.25) is 4.79 Å². The zero-order valence-electron chi connectivity index (χ0n) is 15.3. The average Bonchev–Trinajstić information content (AvgIpc) is 3.30. The van der Waals surface area contributed by atoms with Gasteiger partial charge in [0.25, 0.3) is 0 Å². The highest BCUT2D eigenvalue weighted by atomic mass is 32.1. The smallest absolute Gasteiger partial charge is 0.229 e. The lowest BCUT2D eigenvalue weighted by atomic mass is 9.95. The largest absolute Gasteiger partial charge is 0.326 e. The topological polar surface area (TPSA) is 72.2 Å². The van der Waals surface area contributed by atoms with E-state index < -0.39 is 5.41 Å². The molecular weight excluding hydrogens is 358 g/mol. The molecule has 0 aliphatic carbocycles. The first-order chi connectivity index (χ1) is 12.9. The van der Waals surface area contributed by atoms with Crippen LogP contribution in [0.2, 0.25) is 0 Å². The van der Waals surface area contributed by atoms with Crippen LogP contribution in [0.1, 0.15) is 20.8 Å². The number of benzene rings is 1. The first kappa shape index (κ1) is 17.4. The van der Waals surface area contributed by atoms with Gasteiger partial charge in [0, 0.05) is 16.7 Å². The number of aromatic nitrogens is 4. The summed E-state index contributed by atoms with van der Waals surface area (Å²) < 4.78 is 1.75. The second-order valence-corrected chi connectivity index (χ2v) is 8.22. The Labute approximate surface area is 160 Å². The third kappa shape index (κ3) is 3.46. The molecule has 3 aromatic heterocycles. The van der Waals surface area contributed by atoms with Gasteiger partial charge < -0.3 is 5.32 Å².